The lowest BCUT2D eigenvalue weighted by Crippen LogP contribution is -2.42. The Morgan fingerprint density at radius 1 is 1.47 bits per heavy atom. The summed E-state index contributed by atoms with van der Waals surface area (Å²) in [6.07, 6.45) is 0.466. The van der Waals surface area contributed by atoms with Crippen molar-refractivity contribution in [2.24, 2.45) is 5.92 Å². The monoisotopic (exact) mass is 214 g/mol. The summed E-state index contributed by atoms with van der Waals surface area (Å²) in [6, 6.07) is 0.261. The number of alkyl carbamates (subject to hydrolysis) is 1. The first-order chi connectivity index (χ1) is 7.06. The third kappa shape index (κ3) is 2.84. The molecule has 2 atom stereocenters. The van der Waals surface area contributed by atoms with Crippen LogP contribution in [0.2, 0.25) is 0 Å². The summed E-state index contributed by atoms with van der Waals surface area (Å²) in [5, 5.41) is 2.39. The van der Waals surface area contributed by atoms with Gasteiger partial charge in [-0.2, -0.15) is 0 Å². The Morgan fingerprint density at radius 3 is 2.60 bits per heavy atom. The highest BCUT2D eigenvalue weighted by Gasteiger charge is 2.30. The molecule has 0 aromatic rings. The summed E-state index contributed by atoms with van der Waals surface area (Å²) in [5.74, 6) is 0.490. The SMILES string of the molecule is COC(=O)NCC(=O)N1CCC(C)[C@H]1C. The number of nitrogens with one attached hydrogen (secondary N) is 1. The average molecular weight is 214 g/mol. The number of likely N-dealkylation sites (tertiary alicyclic amines) is 1. The number of ether oxygens (including phenoxy) is 1. The molecular formula is C10H18N2O3. The quantitative estimate of drug-likeness (QED) is 0.732. The molecule has 1 aliphatic rings. The van der Waals surface area contributed by atoms with Crippen LogP contribution in [-0.2, 0) is 9.53 Å². The Kier molecular flexibility index (Phi) is 3.94. The van der Waals surface area contributed by atoms with Gasteiger partial charge in [0.1, 0.15) is 6.54 Å². The Bertz CT molecular complexity index is 255. The van der Waals surface area contributed by atoms with E-state index >= 15 is 0 Å². The van der Waals surface area contributed by atoms with E-state index in [1.54, 1.807) is 4.90 Å². The van der Waals surface area contributed by atoms with Crippen LogP contribution in [0, 0.1) is 5.92 Å². The third-order valence-electron chi connectivity index (χ3n) is 3.03. The highest BCUT2D eigenvalue weighted by atomic mass is 16.5. The molecule has 0 spiro atoms. The first-order valence-corrected chi connectivity index (χ1v) is 5.17. The van der Waals surface area contributed by atoms with Crippen molar-refractivity contribution in [2.45, 2.75) is 26.3 Å². The predicted octanol–water partition coefficient (Wildman–Crippen LogP) is 0.599. The lowest BCUT2D eigenvalue weighted by atomic mass is 10.1. The van der Waals surface area contributed by atoms with E-state index in [1.807, 2.05) is 6.92 Å². The Morgan fingerprint density at radius 2 is 2.13 bits per heavy atom. The highest BCUT2D eigenvalue weighted by Crippen LogP contribution is 2.22. The van der Waals surface area contributed by atoms with Gasteiger partial charge in [0.25, 0.3) is 0 Å². The molecular weight excluding hydrogens is 196 g/mol. The van der Waals surface area contributed by atoms with Gasteiger partial charge in [0.15, 0.2) is 0 Å². The summed E-state index contributed by atoms with van der Waals surface area (Å²) in [6.45, 7) is 4.97. The zero-order chi connectivity index (χ0) is 11.4. The molecule has 0 saturated carbocycles. The van der Waals surface area contributed by atoms with E-state index in [2.05, 4.69) is 17.0 Å². The summed E-state index contributed by atoms with van der Waals surface area (Å²) in [4.78, 5) is 24.3. The van der Waals surface area contributed by atoms with Crippen molar-refractivity contribution in [1.29, 1.82) is 0 Å². The molecule has 1 aliphatic heterocycles. The second-order valence-electron chi connectivity index (χ2n) is 3.94. The van der Waals surface area contributed by atoms with Crippen LogP contribution in [0.25, 0.3) is 0 Å². The fourth-order valence-corrected chi connectivity index (χ4v) is 1.77. The fraction of sp³-hybridized carbons (Fsp3) is 0.800. The van der Waals surface area contributed by atoms with Gasteiger partial charge in [0, 0.05) is 12.6 Å². The van der Waals surface area contributed by atoms with E-state index in [-0.39, 0.29) is 18.5 Å². The lowest BCUT2D eigenvalue weighted by Gasteiger charge is -2.23. The van der Waals surface area contributed by atoms with Crippen LogP contribution in [0.1, 0.15) is 20.3 Å². The van der Waals surface area contributed by atoms with Gasteiger partial charge in [0.05, 0.1) is 7.11 Å². The minimum absolute atomic E-state index is 0.0176. The van der Waals surface area contributed by atoms with E-state index in [1.165, 1.54) is 7.11 Å². The van der Waals surface area contributed by atoms with E-state index in [4.69, 9.17) is 0 Å². The summed E-state index contributed by atoms with van der Waals surface area (Å²) >= 11 is 0. The van der Waals surface area contributed by atoms with Gasteiger partial charge >= 0.3 is 6.09 Å². The second kappa shape index (κ2) is 5.00. The van der Waals surface area contributed by atoms with Gasteiger partial charge in [0.2, 0.25) is 5.91 Å². The molecule has 1 saturated heterocycles. The van der Waals surface area contributed by atoms with Crippen LogP contribution in [0.5, 0.6) is 0 Å². The van der Waals surface area contributed by atoms with E-state index in [0.717, 1.165) is 13.0 Å². The zero-order valence-electron chi connectivity index (χ0n) is 9.45. The molecule has 5 nitrogen and oxygen atoms in total. The zero-order valence-corrected chi connectivity index (χ0v) is 9.45. The molecule has 0 bridgehead atoms. The molecule has 1 unspecified atom stereocenters. The minimum Gasteiger partial charge on any atom is -0.453 e. The summed E-state index contributed by atoms with van der Waals surface area (Å²) in [7, 11) is 1.28. The smallest absolute Gasteiger partial charge is 0.407 e. The Hall–Kier alpha value is -1.26. The minimum atomic E-state index is -0.566. The molecule has 0 radical (unpaired) electrons. The number of methoxy groups -OCH3 is 1. The molecule has 1 rings (SSSR count). The maximum Gasteiger partial charge on any atom is 0.407 e. The number of carbonyl (C=O) groups is 2. The van der Waals surface area contributed by atoms with Gasteiger partial charge in [-0.15, -0.1) is 0 Å². The number of rotatable bonds is 2. The standard InChI is InChI=1S/C10H18N2O3/c1-7-4-5-12(8(7)2)9(13)6-11-10(14)15-3/h7-8H,4-6H2,1-3H3,(H,11,14)/t7?,8-/m1/s1. The molecule has 15 heavy (non-hydrogen) atoms. The largest absolute Gasteiger partial charge is 0.453 e. The lowest BCUT2D eigenvalue weighted by molar-refractivity contribution is -0.130. The van der Waals surface area contributed by atoms with Gasteiger partial charge in [-0.1, -0.05) is 6.92 Å². The first kappa shape index (κ1) is 11.8. The Balaban J connectivity index is 2.38. The van der Waals surface area contributed by atoms with Crippen molar-refractivity contribution in [3.63, 3.8) is 0 Å². The van der Waals surface area contributed by atoms with Crippen molar-refractivity contribution in [1.82, 2.24) is 10.2 Å². The summed E-state index contributed by atoms with van der Waals surface area (Å²) < 4.78 is 4.39. The van der Waals surface area contributed by atoms with Crippen LogP contribution in [0.4, 0.5) is 4.79 Å². The maximum atomic E-state index is 11.7. The number of hydrogen-bond acceptors (Lipinski definition) is 3. The van der Waals surface area contributed by atoms with Gasteiger partial charge < -0.3 is 15.0 Å². The third-order valence-corrected chi connectivity index (χ3v) is 3.03. The molecule has 1 heterocycles. The Labute approximate surface area is 89.8 Å². The average Bonchev–Trinajstić information content (AvgIpc) is 2.56. The van der Waals surface area contributed by atoms with Crippen molar-refractivity contribution in [3.05, 3.63) is 0 Å². The molecule has 1 N–H and O–H groups in total. The molecule has 86 valence electrons. The van der Waals surface area contributed by atoms with E-state index in [0.29, 0.717) is 5.92 Å². The van der Waals surface area contributed by atoms with Crippen molar-refractivity contribution >= 4 is 12.0 Å². The topological polar surface area (TPSA) is 58.6 Å². The highest BCUT2D eigenvalue weighted by molar-refractivity contribution is 5.82. The number of carbonyl (C=O) groups excluding carboxylic acids is 2. The molecule has 5 heteroatoms. The van der Waals surface area contributed by atoms with E-state index < -0.39 is 6.09 Å². The second-order valence-corrected chi connectivity index (χ2v) is 3.94. The maximum absolute atomic E-state index is 11.7. The van der Waals surface area contributed by atoms with Crippen molar-refractivity contribution < 1.29 is 14.3 Å². The van der Waals surface area contributed by atoms with Crippen molar-refractivity contribution in [3.8, 4) is 0 Å². The molecule has 0 aliphatic carbocycles. The summed E-state index contributed by atoms with van der Waals surface area (Å²) in [5.41, 5.74) is 0. The van der Waals surface area contributed by atoms with Crippen LogP contribution < -0.4 is 5.32 Å². The molecule has 1 fully saturated rings. The van der Waals surface area contributed by atoms with Gasteiger partial charge in [-0.05, 0) is 19.3 Å². The van der Waals surface area contributed by atoms with Crippen LogP contribution >= 0.6 is 0 Å². The van der Waals surface area contributed by atoms with Crippen molar-refractivity contribution in [2.75, 3.05) is 20.2 Å². The van der Waals surface area contributed by atoms with Gasteiger partial charge in [-0.3, -0.25) is 4.79 Å². The normalized spacial score (nSPS) is 25.1. The van der Waals surface area contributed by atoms with E-state index in [9.17, 15) is 9.59 Å². The van der Waals surface area contributed by atoms with Gasteiger partial charge in [-0.25, -0.2) is 4.79 Å². The van der Waals surface area contributed by atoms with Crippen LogP contribution in [0.15, 0.2) is 0 Å². The number of nitrogens with zero attached hydrogens (tertiary/aromatic N) is 1. The molecule has 2 amide bonds. The van der Waals surface area contributed by atoms with Crippen LogP contribution in [0.3, 0.4) is 0 Å². The molecule has 0 aromatic carbocycles. The predicted molar refractivity (Wildman–Crippen MR) is 55.4 cm³/mol. The first-order valence-electron chi connectivity index (χ1n) is 5.17. The fourth-order valence-electron chi connectivity index (χ4n) is 1.77. The van der Waals surface area contributed by atoms with Crippen LogP contribution in [-0.4, -0.2) is 43.1 Å². The molecule has 0 aromatic heterocycles. The number of amides is 2. The number of hydrogen-bond donors (Lipinski definition) is 1.